The third kappa shape index (κ3) is 4.80. The van der Waals surface area contributed by atoms with E-state index >= 15 is 0 Å². The van der Waals surface area contributed by atoms with Gasteiger partial charge in [-0.25, -0.2) is 4.79 Å². The molecule has 2 heterocycles. The van der Waals surface area contributed by atoms with Gasteiger partial charge in [-0.1, -0.05) is 6.07 Å². The first kappa shape index (κ1) is 17.9. The van der Waals surface area contributed by atoms with Crippen molar-refractivity contribution in [1.82, 2.24) is 15.2 Å². The van der Waals surface area contributed by atoms with Gasteiger partial charge in [-0.2, -0.15) is 0 Å². The molecule has 1 aromatic carbocycles. The highest BCUT2D eigenvalue weighted by molar-refractivity contribution is 5.95. The normalized spacial score (nSPS) is 14.0. The zero-order valence-electron chi connectivity index (χ0n) is 14.7. The number of amides is 3. The van der Waals surface area contributed by atoms with Crippen LogP contribution in [0.2, 0.25) is 0 Å². The Morgan fingerprint density at radius 3 is 2.54 bits per heavy atom. The van der Waals surface area contributed by atoms with Crippen molar-refractivity contribution in [2.75, 3.05) is 31.6 Å². The van der Waals surface area contributed by atoms with Crippen LogP contribution in [-0.4, -0.2) is 48.1 Å². The average molecular weight is 354 g/mol. The fraction of sp³-hybridized carbons (Fsp3) is 0.316. The van der Waals surface area contributed by atoms with Crippen molar-refractivity contribution in [2.45, 2.75) is 13.5 Å². The van der Waals surface area contributed by atoms with E-state index in [-0.39, 0.29) is 11.9 Å². The van der Waals surface area contributed by atoms with Crippen molar-refractivity contribution >= 4 is 17.6 Å². The number of ether oxygens (including phenoxy) is 1. The largest absolute Gasteiger partial charge is 0.378 e. The molecular formula is C19H22N4O3. The molecule has 2 aromatic rings. The van der Waals surface area contributed by atoms with Gasteiger partial charge in [-0.3, -0.25) is 9.78 Å². The summed E-state index contributed by atoms with van der Waals surface area (Å²) in [6.45, 7) is 4.61. The van der Waals surface area contributed by atoms with Crippen molar-refractivity contribution in [3.63, 3.8) is 0 Å². The number of carbonyl (C=O) groups is 2. The first-order chi connectivity index (χ1) is 12.6. The molecule has 0 radical (unpaired) electrons. The molecule has 26 heavy (non-hydrogen) atoms. The van der Waals surface area contributed by atoms with Gasteiger partial charge in [0.1, 0.15) is 0 Å². The SMILES string of the molecule is Cc1cccc(CNC(=O)Nc2ccc(C(=O)N3CCOCC3)cc2)n1. The summed E-state index contributed by atoms with van der Waals surface area (Å²) in [4.78, 5) is 30.5. The summed E-state index contributed by atoms with van der Waals surface area (Å²) >= 11 is 0. The summed E-state index contributed by atoms with van der Waals surface area (Å²) in [5, 5.41) is 5.51. The first-order valence-electron chi connectivity index (χ1n) is 8.56. The van der Waals surface area contributed by atoms with E-state index in [4.69, 9.17) is 4.74 Å². The molecule has 3 amide bonds. The number of urea groups is 1. The lowest BCUT2D eigenvalue weighted by Gasteiger charge is -2.26. The van der Waals surface area contributed by atoms with Gasteiger partial charge in [-0.15, -0.1) is 0 Å². The molecule has 7 nitrogen and oxygen atoms in total. The van der Waals surface area contributed by atoms with Crippen LogP contribution in [0.5, 0.6) is 0 Å². The van der Waals surface area contributed by atoms with Crippen LogP contribution in [0, 0.1) is 6.92 Å². The zero-order chi connectivity index (χ0) is 18.4. The van der Waals surface area contributed by atoms with Gasteiger partial charge in [0.15, 0.2) is 0 Å². The molecule has 0 saturated carbocycles. The van der Waals surface area contributed by atoms with E-state index < -0.39 is 0 Å². The molecule has 0 bridgehead atoms. The highest BCUT2D eigenvalue weighted by atomic mass is 16.5. The topological polar surface area (TPSA) is 83.6 Å². The van der Waals surface area contributed by atoms with Gasteiger partial charge in [0, 0.05) is 30.0 Å². The number of aryl methyl sites for hydroxylation is 1. The number of pyridine rings is 1. The molecule has 0 atom stereocenters. The highest BCUT2D eigenvalue weighted by Gasteiger charge is 2.18. The van der Waals surface area contributed by atoms with E-state index in [1.54, 1.807) is 29.2 Å². The molecule has 0 spiro atoms. The summed E-state index contributed by atoms with van der Waals surface area (Å²) < 4.78 is 5.26. The van der Waals surface area contributed by atoms with Gasteiger partial charge in [0.2, 0.25) is 0 Å². The number of morpholine rings is 1. The van der Waals surface area contributed by atoms with Crippen LogP contribution in [0.15, 0.2) is 42.5 Å². The molecule has 1 aliphatic heterocycles. The van der Waals surface area contributed by atoms with E-state index in [1.807, 2.05) is 25.1 Å². The third-order valence-corrected chi connectivity index (χ3v) is 4.06. The van der Waals surface area contributed by atoms with Crippen molar-refractivity contribution in [1.29, 1.82) is 0 Å². The van der Waals surface area contributed by atoms with Crippen LogP contribution in [0.4, 0.5) is 10.5 Å². The summed E-state index contributed by atoms with van der Waals surface area (Å²) in [6, 6.07) is 12.2. The standard InChI is InChI=1S/C19H22N4O3/c1-14-3-2-4-17(21-14)13-20-19(25)22-16-7-5-15(6-8-16)18(24)23-9-11-26-12-10-23/h2-8H,9-13H2,1H3,(H2,20,22,25). The van der Waals surface area contributed by atoms with Gasteiger partial charge < -0.3 is 20.3 Å². The van der Waals surface area contributed by atoms with Crippen molar-refractivity contribution in [3.8, 4) is 0 Å². The van der Waals surface area contributed by atoms with Gasteiger partial charge in [0.25, 0.3) is 5.91 Å². The van der Waals surface area contributed by atoms with E-state index in [1.165, 1.54) is 0 Å². The van der Waals surface area contributed by atoms with E-state index in [0.29, 0.717) is 44.1 Å². The predicted octanol–water partition coefficient (Wildman–Crippen LogP) is 2.18. The molecule has 1 saturated heterocycles. The van der Waals surface area contributed by atoms with Gasteiger partial charge in [-0.05, 0) is 43.3 Å². The Hall–Kier alpha value is -2.93. The molecule has 0 aliphatic carbocycles. The molecule has 1 fully saturated rings. The molecule has 7 heteroatoms. The van der Waals surface area contributed by atoms with E-state index in [9.17, 15) is 9.59 Å². The number of hydrogen-bond donors (Lipinski definition) is 2. The second kappa shape index (κ2) is 8.44. The maximum absolute atomic E-state index is 12.4. The second-order valence-corrected chi connectivity index (χ2v) is 6.06. The minimum atomic E-state index is -0.319. The fourth-order valence-corrected chi connectivity index (χ4v) is 2.69. The lowest BCUT2D eigenvalue weighted by molar-refractivity contribution is 0.0303. The summed E-state index contributed by atoms with van der Waals surface area (Å²) in [5.41, 5.74) is 2.93. The predicted molar refractivity (Wildman–Crippen MR) is 98.0 cm³/mol. The van der Waals surface area contributed by atoms with Crippen molar-refractivity contribution in [3.05, 3.63) is 59.4 Å². The maximum Gasteiger partial charge on any atom is 0.319 e. The fourth-order valence-electron chi connectivity index (χ4n) is 2.69. The number of aromatic nitrogens is 1. The number of anilines is 1. The molecule has 2 N–H and O–H groups in total. The minimum absolute atomic E-state index is 0.0187. The second-order valence-electron chi connectivity index (χ2n) is 6.06. The smallest absolute Gasteiger partial charge is 0.319 e. The van der Waals surface area contributed by atoms with Gasteiger partial charge in [0.05, 0.1) is 25.5 Å². The molecule has 1 aliphatic rings. The van der Waals surface area contributed by atoms with Crippen LogP contribution >= 0.6 is 0 Å². The minimum Gasteiger partial charge on any atom is -0.378 e. The molecule has 136 valence electrons. The number of nitrogens with one attached hydrogen (secondary N) is 2. The Morgan fingerprint density at radius 2 is 1.85 bits per heavy atom. The molecule has 3 rings (SSSR count). The number of benzene rings is 1. The zero-order valence-corrected chi connectivity index (χ0v) is 14.7. The average Bonchev–Trinajstić information content (AvgIpc) is 2.67. The lowest BCUT2D eigenvalue weighted by Crippen LogP contribution is -2.40. The summed E-state index contributed by atoms with van der Waals surface area (Å²) in [6.07, 6.45) is 0. The Balaban J connectivity index is 1.51. The van der Waals surface area contributed by atoms with Gasteiger partial charge >= 0.3 is 6.03 Å². The van der Waals surface area contributed by atoms with E-state index in [0.717, 1.165) is 11.4 Å². The van der Waals surface area contributed by atoms with Crippen LogP contribution < -0.4 is 10.6 Å². The van der Waals surface area contributed by atoms with Crippen LogP contribution in [0.3, 0.4) is 0 Å². The van der Waals surface area contributed by atoms with Crippen molar-refractivity contribution < 1.29 is 14.3 Å². The highest BCUT2D eigenvalue weighted by Crippen LogP contribution is 2.12. The maximum atomic E-state index is 12.4. The Kier molecular flexibility index (Phi) is 5.80. The monoisotopic (exact) mass is 354 g/mol. The third-order valence-electron chi connectivity index (χ3n) is 4.06. The van der Waals surface area contributed by atoms with E-state index in [2.05, 4.69) is 15.6 Å². The molecular weight excluding hydrogens is 332 g/mol. The number of rotatable bonds is 4. The number of hydrogen-bond acceptors (Lipinski definition) is 4. The Morgan fingerprint density at radius 1 is 1.12 bits per heavy atom. The van der Waals surface area contributed by atoms with Crippen molar-refractivity contribution in [2.24, 2.45) is 0 Å². The summed E-state index contributed by atoms with van der Waals surface area (Å²) in [5.74, 6) is -0.0187. The number of nitrogens with zero attached hydrogens (tertiary/aromatic N) is 2. The number of carbonyl (C=O) groups excluding carboxylic acids is 2. The quantitative estimate of drug-likeness (QED) is 0.882. The first-order valence-corrected chi connectivity index (χ1v) is 8.56. The molecule has 0 unspecified atom stereocenters. The van der Waals surface area contributed by atoms with Crippen LogP contribution in [-0.2, 0) is 11.3 Å². The Labute approximate surface area is 152 Å². The lowest BCUT2D eigenvalue weighted by atomic mass is 10.1. The van der Waals surface area contributed by atoms with Crippen LogP contribution in [0.25, 0.3) is 0 Å². The Bertz CT molecular complexity index is 771. The summed E-state index contributed by atoms with van der Waals surface area (Å²) in [7, 11) is 0. The van der Waals surface area contributed by atoms with Crippen LogP contribution in [0.1, 0.15) is 21.7 Å². The molecule has 1 aromatic heterocycles.